The van der Waals surface area contributed by atoms with Crippen molar-refractivity contribution >= 4 is 17.7 Å². The third-order valence-corrected chi connectivity index (χ3v) is 3.50. The van der Waals surface area contributed by atoms with Crippen LogP contribution in [0.3, 0.4) is 0 Å². The van der Waals surface area contributed by atoms with Crippen LogP contribution >= 0.6 is 0 Å². The van der Waals surface area contributed by atoms with Crippen LogP contribution in [-0.4, -0.2) is 37.8 Å². The van der Waals surface area contributed by atoms with Gasteiger partial charge in [-0.3, -0.25) is 4.79 Å². The quantitative estimate of drug-likeness (QED) is 0.873. The molecule has 6 heteroatoms. The monoisotopic (exact) mass is 278 g/mol. The molecule has 0 aromatic heterocycles. The minimum absolute atomic E-state index is 0.0971. The van der Waals surface area contributed by atoms with Crippen molar-refractivity contribution in [1.29, 1.82) is 0 Å². The number of ether oxygens (including phenoxy) is 1. The molecule has 0 saturated carbocycles. The number of nitrogens with zero attached hydrogens (tertiary/aromatic N) is 1. The Hall–Kier alpha value is -2.24. The molecule has 0 unspecified atom stereocenters. The topological polar surface area (TPSA) is 78.9 Å². The lowest BCUT2D eigenvalue weighted by Crippen LogP contribution is -2.31. The van der Waals surface area contributed by atoms with Crippen molar-refractivity contribution in [2.24, 2.45) is 0 Å². The second-order valence-corrected chi connectivity index (χ2v) is 4.73. The average Bonchev–Trinajstić information content (AvgIpc) is 2.42. The number of rotatable bonds is 4. The molecule has 2 amide bonds. The highest BCUT2D eigenvalue weighted by Gasteiger charge is 2.22. The average molecular weight is 278 g/mol. The largest absolute Gasteiger partial charge is 0.496 e. The summed E-state index contributed by atoms with van der Waals surface area (Å²) < 4.78 is 5.34. The molecule has 0 atom stereocenters. The molecule has 20 heavy (non-hydrogen) atoms. The Kier molecular flexibility index (Phi) is 4.12. The Labute approximate surface area is 117 Å². The summed E-state index contributed by atoms with van der Waals surface area (Å²) in [5.41, 5.74) is 2.91. The number of anilines is 1. The fourth-order valence-electron chi connectivity index (χ4n) is 2.41. The third kappa shape index (κ3) is 2.84. The second-order valence-electron chi connectivity index (χ2n) is 4.73. The van der Waals surface area contributed by atoms with Crippen molar-refractivity contribution in [2.75, 3.05) is 25.6 Å². The summed E-state index contributed by atoms with van der Waals surface area (Å²) in [7, 11) is 3.33. The maximum atomic E-state index is 11.7. The Morgan fingerprint density at radius 1 is 1.45 bits per heavy atom. The molecular formula is C14H18N2O4. The molecule has 1 aliphatic heterocycles. The van der Waals surface area contributed by atoms with E-state index in [2.05, 4.69) is 5.32 Å². The molecular weight excluding hydrogens is 260 g/mol. The van der Waals surface area contributed by atoms with E-state index in [4.69, 9.17) is 9.84 Å². The van der Waals surface area contributed by atoms with Crippen molar-refractivity contribution in [2.45, 2.75) is 19.3 Å². The molecule has 0 bridgehead atoms. The van der Waals surface area contributed by atoms with Crippen molar-refractivity contribution in [3.63, 3.8) is 0 Å². The van der Waals surface area contributed by atoms with Crippen molar-refractivity contribution in [3.8, 4) is 5.75 Å². The number of fused-ring (bicyclic) bond motifs is 1. The van der Waals surface area contributed by atoms with Crippen LogP contribution in [0.5, 0.6) is 5.75 Å². The lowest BCUT2D eigenvalue weighted by atomic mass is 9.97. The van der Waals surface area contributed by atoms with Gasteiger partial charge in [-0.15, -0.1) is 0 Å². The van der Waals surface area contributed by atoms with E-state index in [0.717, 1.165) is 16.8 Å². The number of benzene rings is 1. The molecule has 1 aromatic carbocycles. The first-order valence-electron chi connectivity index (χ1n) is 6.46. The van der Waals surface area contributed by atoms with Crippen LogP contribution in [0.1, 0.15) is 17.5 Å². The summed E-state index contributed by atoms with van der Waals surface area (Å²) in [6.45, 7) is 0.333. The van der Waals surface area contributed by atoms with Gasteiger partial charge in [0.1, 0.15) is 5.75 Å². The number of carbonyl (C=O) groups is 2. The zero-order valence-corrected chi connectivity index (χ0v) is 11.6. The van der Waals surface area contributed by atoms with E-state index in [0.29, 0.717) is 31.6 Å². The number of aryl methyl sites for hydroxylation is 1. The summed E-state index contributed by atoms with van der Waals surface area (Å²) in [4.78, 5) is 23.8. The molecule has 1 aliphatic rings. The summed E-state index contributed by atoms with van der Waals surface area (Å²) >= 11 is 0. The van der Waals surface area contributed by atoms with E-state index in [1.807, 2.05) is 12.1 Å². The molecule has 2 rings (SSSR count). The van der Waals surface area contributed by atoms with Crippen LogP contribution in [0.2, 0.25) is 0 Å². The lowest BCUT2D eigenvalue weighted by molar-refractivity contribution is -0.118. The number of carboxylic acid groups (broad SMARTS) is 1. The molecule has 0 aliphatic carbocycles. The van der Waals surface area contributed by atoms with Gasteiger partial charge >= 0.3 is 6.09 Å². The maximum Gasteiger partial charge on any atom is 0.404 e. The highest BCUT2D eigenvalue weighted by Crippen LogP contribution is 2.33. The van der Waals surface area contributed by atoms with E-state index in [-0.39, 0.29) is 5.91 Å². The van der Waals surface area contributed by atoms with Gasteiger partial charge < -0.3 is 20.1 Å². The van der Waals surface area contributed by atoms with Crippen LogP contribution in [0.4, 0.5) is 10.5 Å². The molecule has 108 valence electrons. The standard InChI is InChI=1S/C14H18N2O4/c1-16-11-8-12(20-2)10(5-6-15-14(18)19)7-9(11)3-4-13(16)17/h7-8,15H,3-6H2,1-2H3,(H,18,19). The van der Waals surface area contributed by atoms with E-state index in [9.17, 15) is 9.59 Å². The van der Waals surface area contributed by atoms with Crippen LogP contribution in [0.15, 0.2) is 12.1 Å². The minimum atomic E-state index is -1.03. The first-order chi connectivity index (χ1) is 9.52. The van der Waals surface area contributed by atoms with Gasteiger partial charge in [0.2, 0.25) is 5.91 Å². The highest BCUT2D eigenvalue weighted by molar-refractivity contribution is 5.96. The summed E-state index contributed by atoms with van der Waals surface area (Å²) in [6.07, 6.45) is 0.734. The number of methoxy groups -OCH3 is 1. The van der Waals surface area contributed by atoms with Gasteiger partial charge in [-0.05, 0) is 30.0 Å². The van der Waals surface area contributed by atoms with Gasteiger partial charge in [-0.25, -0.2) is 4.79 Å². The van der Waals surface area contributed by atoms with Crippen molar-refractivity contribution < 1.29 is 19.4 Å². The van der Waals surface area contributed by atoms with E-state index in [1.165, 1.54) is 0 Å². The Balaban J connectivity index is 2.25. The summed E-state index contributed by atoms with van der Waals surface area (Å²) in [6, 6.07) is 3.85. The highest BCUT2D eigenvalue weighted by atomic mass is 16.5. The number of nitrogens with one attached hydrogen (secondary N) is 1. The first-order valence-corrected chi connectivity index (χ1v) is 6.46. The van der Waals surface area contributed by atoms with Crippen molar-refractivity contribution in [1.82, 2.24) is 5.32 Å². The van der Waals surface area contributed by atoms with Gasteiger partial charge in [0.15, 0.2) is 0 Å². The van der Waals surface area contributed by atoms with Gasteiger partial charge in [0, 0.05) is 26.1 Å². The Morgan fingerprint density at radius 2 is 2.20 bits per heavy atom. The molecule has 6 nitrogen and oxygen atoms in total. The number of hydrogen-bond acceptors (Lipinski definition) is 3. The molecule has 0 spiro atoms. The van der Waals surface area contributed by atoms with Gasteiger partial charge in [-0.2, -0.15) is 0 Å². The maximum absolute atomic E-state index is 11.7. The Morgan fingerprint density at radius 3 is 2.85 bits per heavy atom. The molecule has 2 N–H and O–H groups in total. The predicted molar refractivity (Wildman–Crippen MR) is 74.5 cm³/mol. The van der Waals surface area contributed by atoms with Gasteiger partial charge in [-0.1, -0.05) is 0 Å². The fraction of sp³-hybridized carbons (Fsp3) is 0.429. The predicted octanol–water partition coefficient (Wildman–Crippen LogP) is 1.41. The molecule has 0 saturated heterocycles. The fourth-order valence-corrected chi connectivity index (χ4v) is 2.41. The summed E-state index contributed by atoms with van der Waals surface area (Å²) in [5.74, 6) is 0.775. The van der Waals surface area contributed by atoms with Gasteiger partial charge in [0.25, 0.3) is 0 Å². The third-order valence-electron chi connectivity index (χ3n) is 3.50. The van der Waals surface area contributed by atoms with Crippen LogP contribution in [-0.2, 0) is 17.6 Å². The number of hydrogen-bond donors (Lipinski definition) is 2. The Bertz CT molecular complexity index is 542. The molecule has 1 heterocycles. The zero-order chi connectivity index (χ0) is 14.7. The minimum Gasteiger partial charge on any atom is -0.496 e. The van der Waals surface area contributed by atoms with E-state index >= 15 is 0 Å². The first kappa shape index (κ1) is 14.2. The smallest absolute Gasteiger partial charge is 0.404 e. The number of amides is 2. The molecule has 1 aromatic rings. The SMILES string of the molecule is COc1cc2c(cc1CCNC(=O)O)CCC(=O)N2C. The van der Waals surface area contributed by atoms with Gasteiger partial charge in [0.05, 0.1) is 12.8 Å². The zero-order valence-electron chi connectivity index (χ0n) is 11.6. The van der Waals surface area contributed by atoms with Crippen LogP contribution < -0.4 is 15.0 Å². The van der Waals surface area contributed by atoms with Crippen LogP contribution in [0, 0.1) is 0 Å². The van der Waals surface area contributed by atoms with E-state index < -0.39 is 6.09 Å². The number of carbonyl (C=O) groups excluding carboxylic acids is 1. The lowest BCUT2D eigenvalue weighted by Gasteiger charge is -2.27. The normalized spacial score (nSPS) is 13.9. The summed E-state index contributed by atoms with van der Waals surface area (Å²) in [5, 5.41) is 10.9. The molecule has 0 fully saturated rings. The van der Waals surface area contributed by atoms with Crippen LogP contribution in [0.25, 0.3) is 0 Å². The van der Waals surface area contributed by atoms with Crippen molar-refractivity contribution in [3.05, 3.63) is 23.3 Å². The molecule has 0 radical (unpaired) electrons. The second kappa shape index (κ2) is 5.81. The van der Waals surface area contributed by atoms with E-state index in [1.54, 1.807) is 19.1 Å².